The van der Waals surface area contributed by atoms with E-state index >= 15 is 0 Å². The second kappa shape index (κ2) is 7.19. The summed E-state index contributed by atoms with van der Waals surface area (Å²) in [7, 11) is 0. The number of carbonyl (C=O) groups is 2. The minimum atomic E-state index is -0.436. The molecule has 4 rings (SSSR count). The largest absolute Gasteiger partial charge is 0.356 e. The highest BCUT2D eigenvalue weighted by molar-refractivity contribution is 5.94. The molecule has 1 aromatic heterocycles. The van der Waals surface area contributed by atoms with Gasteiger partial charge in [0, 0.05) is 37.1 Å². The van der Waals surface area contributed by atoms with E-state index in [2.05, 4.69) is 5.16 Å². The number of piperazine rings is 1. The maximum absolute atomic E-state index is 13.3. The topological polar surface area (TPSA) is 66.7 Å². The van der Waals surface area contributed by atoms with Crippen LogP contribution in [0.25, 0.3) is 11.0 Å². The third-order valence-electron chi connectivity index (χ3n) is 4.76. The molecule has 3 aromatic rings. The average molecular weight is 367 g/mol. The summed E-state index contributed by atoms with van der Waals surface area (Å²) in [5, 5.41) is 4.84. The van der Waals surface area contributed by atoms with Crippen LogP contribution in [0.15, 0.2) is 53.1 Å². The van der Waals surface area contributed by atoms with E-state index < -0.39 is 5.82 Å². The molecule has 2 amide bonds. The molecule has 2 aromatic carbocycles. The number of hydrogen-bond donors (Lipinski definition) is 0. The third-order valence-corrected chi connectivity index (χ3v) is 4.76. The molecule has 27 heavy (non-hydrogen) atoms. The molecule has 0 atom stereocenters. The SMILES string of the molecule is O=C(Cc1noc2ccccc12)N1CCN(C(=O)c2cccc(F)c2)CC1. The zero-order valence-corrected chi connectivity index (χ0v) is 14.6. The molecule has 7 heteroatoms. The first kappa shape index (κ1) is 17.2. The Labute approximate surface area is 155 Å². The van der Waals surface area contributed by atoms with Crippen molar-refractivity contribution in [3.05, 3.63) is 65.6 Å². The molecule has 1 aliphatic rings. The van der Waals surface area contributed by atoms with Crippen LogP contribution in [0.2, 0.25) is 0 Å². The Kier molecular flexibility index (Phi) is 4.58. The van der Waals surface area contributed by atoms with Gasteiger partial charge in [0.05, 0.1) is 6.42 Å². The molecule has 0 bridgehead atoms. The van der Waals surface area contributed by atoms with Crippen molar-refractivity contribution in [3.63, 3.8) is 0 Å². The van der Waals surface area contributed by atoms with Crippen molar-refractivity contribution in [2.45, 2.75) is 6.42 Å². The number of rotatable bonds is 3. The fourth-order valence-corrected chi connectivity index (χ4v) is 3.28. The molecular weight excluding hydrogens is 349 g/mol. The van der Waals surface area contributed by atoms with Crippen molar-refractivity contribution in [1.29, 1.82) is 0 Å². The molecule has 0 unspecified atom stereocenters. The zero-order valence-electron chi connectivity index (χ0n) is 14.6. The maximum atomic E-state index is 13.3. The first-order valence-corrected chi connectivity index (χ1v) is 8.78. The number of benzene rings is 2. The molecule has 1 saturated heterocycles. The van der Waals surface area contributed by atoms with Gasteiger partial charge in [0.1, 0.15) is 11.5 Å². The lowest BCUT2D eigenvalue weighted by Crippen LogP contribution is -2.51. The number of amides is 2. The van der Waals surface area contributed by atoms with Crippen LogP contribution in [0.5, 0.6) is 0 Å². The standard InChI is InChI=1S/C20H18FN3O3/c21-15-5-3-4-14(12-15)20(26)24-10-8-23(9-11-24)19(25)13-17-16-6-1-2-7-18(16)27-22-17/h1-7,12H,8-11,13H2. The quantitative estimate of drug-likeness (QED) is 0.713. The maximum Gasteiger partial charge on any atom is 0.254 e. The van der Waals surface area contributed by atoms with E-state index in [9.17, 15) is 14.0 Å². The van der Waals surface area contributed by atoms with Gasteiger partial charge in [-0.15, -0.1) is 0 Å². The van der Waals surface area contributed by atoms with Crippen LogP contribution in [0.1, 0.15) is 16.1 Å². The van der Waals surface area contributed by atoms with Crippen LogP contribution in [0, 0.1) is 5.82 Å². The number of para-hydroxylation sites is 1. The Morgan fingerprint density at radius 3 is 2.52 bits per heavy atom. The lowest BCUT2D eigenvalue weighted by Gasteiger charge is -2.34. The minimum absolute atomic E-state index is 0.0492. The Bertz CT molecular complexity index is 993. The summed E-state index contributed by atoms with van der Waals surface area (Å²) in [4.78, 5) is 28.4. The lowest BCUT2D eigenvalue weighted by atomic mass is 10.1. The Hall–Kier alpha value is -3.22. The van der Waals surface area contributed by atoms with E-state index in [-0.39, 0.29) is 18.2 Å². The molecule has 0 saturated carbocycles. The molecule has 0 spiro atoms. The van der Waals surface area contributed by atoms with Crippen LogP contribution in [0.4, 0.5) is 4.39 Å². The van der Waals surface area contributed by atoms with E-state index in [0.717, 1.165) is 5.39 Å². The van der Waals surface area contributed by atoms with Gasteiger partial charge in [0.15, 0.2) is 5.58 Å². The molecule has 0 N–H and O–H groups in total. The number of aromatic nitrogens is 1. The number of fused-ring (bicyclic) bond motifs is 1. The van der Waals surface area contributed by atoms with Crippen molar-refractivity contribution in [2.75, 3.05) is 26.2 Å². The molecule has 2 heterocycles. The van der Waals surface area contributed by atoms with Crippen LogP contribution in [0.3, 0.4) is 0 Å². The molecule has 1 aliphatic heterocycles. The molecule has 0 radical (unpaired) electrons. The molecule has 6 nitrogen and oxygen atoms in total. The van der Waals surface area contributed by atoms with E-state index in [0.29, 0.717) is 43.0 Å². The van der Waals surface area contributed by atoms with E-state index in [1.165, 1.54) is 18.2 Å². The van der Waals surface area contributed by atoms with Gasteiger partial charge >= 0.3 is 0 Å². The van der Waals surface area contributed by atoms with Gasteiger partial charge in [-0.1, -0.05) is 23.4 Å². The van der Waals surface area contributed by atoms with Crippen molar-refractivity contribution in [1.82, 2.24) is 15.0 Å². The summed E-state index contributed by atoms with van der Waals surface area (Å²) in [5.41, 5.74) is 1.60. The molecule has 138 valence electrons. The van der Waals surface area contributed by atoms with Crippen LogP contribution < -0.4 is 0 Å². The summed E-state index contributed by atoms with van der Waals surface area (Å²) in [6, 6.07) is 13.1. The summed E-state index contributed by atoms with van der Waals surface area (Å²) in [6.45, 7) is 1.71. The number of hydrogen-bond acceptors (Lipinski definition) is 4. The van der Waals surface area contributed by atoms with Crippen LogP contribution >= 0.6 is 0 Å². The highest BCUT2D eigenvalue weighted by Crippen LogP contribution is 2.19. The van der Waals surface area contributed by atoms with Crippen molar-refractivity contribution in [3.8, 4) is 0 Å². The Morgan fingerprint density at radius 1 is 1.00 bits per heavy atom. The summed E-state index contributed by atoms with van der Waals surface area (Å²) in [5.74, 6) is -0.703. The van der Waals surface area contributed by atoms with E-state index in [1.54, 1.807) is 15.9 Å². The van der Waals surface area contributed by atoms with Gasteiger partial charge < -0.3 is 14.3 Å². The Balaban J connectivity index is 1.37. The summed E-state index contributed by atoms with van der Waals surface area (Å²) < 4.78 is 18.6. The van der Waals surface area contributed by atoms with Crippen LogP contribution in [-0.4, -0.2) is 52.9 Å². The van der Waals surface area contributed by atoms with Gasteiger partial charge in [-0.3, -0.25) is 9.59 Å². The average Bonchev–Trinajstić information content (AvgIpc) is 3.10. The zero-order chi connectivity index (χ0) is 18.8. The van der Waals surface area contributed by atoms with Gasteiger partial charge in [0.25, 0.3) is 5.91 Å². The highest BCUT2D eigenvalue weighted by atomic mass is 19.1. The molecule has 1 fully saturated rings. The number of carbonyl (C=O) groups excluding carboxylic acids is 2. The third kappa shape index (κ3) is 3.53. The van der Waals surface area contributed by atoms with Crippen molar-refractivity contribution < 1.29 is 18.5 Å². The summed E-state index contributed by atoms with van der Waals surface area (Å²) in [6.07, 6.45) is 0.162. The van der Waals surface area contributed by atoms with Crippen LogP contribution in [-0.2, 0) is 11.2 Å². The highest BCUT2D eigenvalue weighted by Gasteiger charge is 2.26. The fraction of sp³-hybridized carbons (Fsp3) is 0.250. The fourth-order valence-electron chi connectivity index (χ4n) is 3.28. The van der Waals surface area contributed by atoms with E-state index in [1.807, 2.05) is 24.3 Å². The van der Waals surface area contributed by atoms with Gasteiger partial charge in [-0.05, 0) is 30.3 Å². The number of halogens is 1. The first-order chi connectivity index (χ1) is 13.1. The van der Waals surface area contributed by atoms with Crippen molar-refractivity contribution >= 4 is 22.8 Å². The molecule has 0 aliphatic carbocycles. The normalized spacial score (nSPS) is 14.6. The first-order valence-electron chi connectivity index (χ1n) is 8.78. The number of nitrogens with zero attached hydrogens (tertiary/aromatic N) is 3. The van der Waals surface area contributed by atoms with Crippen molar-refractivity contribution in [2.24, 2.45) is 0 Å². The van der Waals surface area contributed by atoms with Gasteiger partial charge in [-0.25, -0.2) is 4.39 Å². The predicted octanol–water partition coefficient (Wildman–Crippen LogP) is 2.49. The second-order valence-corrected chi connectivity index (χ2v) is 6.49. The Morgan fingerprint density at radius 2 is 1.74 bits per heavy atom. The molecular formula is C20H18FN3O3. The van der Waals surface area contributed by atoms with Gasteiger partial charge in [0.2, 0.25) is 5.91 Å². The smallest absolute Gasteiger partial charge is 0.254 e. The predicted molar refractivity (Wildman–Crippen MR) is 96.6 cm³/mol. The van der Waals surface area contributed by atoms with E-state index in [4.69, 9.17) is 4.52 Å². The summed E-state index contributed by atoms with van der Waals surface area (Å²) >= 11 is 0. The minimum Gasteiger partial charge on any atom is -0.356 e. The second-order valence-electron chi connectivity index (χ2n) is 6.49. The van der Waals surface area contributed by atoms with Gasteiger partial charge in [-0.2, -0.15) is 0 Å². The lowest BCUT2D eigenvalue weighted by molar-refractivity contribution is -0.132. The monoisotopic (exact) mass is 367 g/mol.